The molecule has 2 N–H and O–H groups in total. The Kier molecular flexibility index (Phi) is 5.29. The summed E-state index contributed by atoms with van der Waals surface area (Å²) < 4.78 is 13.6. The Morgan fingerprint density at radius 2 is 1.76 bits per heavy atom. The highest BCUT2D eigenvalue weighted by atomic mass is 19.1. The number of nitrogens with one attached hydrogen (secondary N) is 2. The van der Waals surface area contributed by atoms with Crippen LogP contribution in [0.4, 0.5) is 4.39 Å². The van der Waals surface area contributed by atoms with E-state index in [-0.39, 0.29) is 42.7 Å². The van der Waals surface area contributed by atoms with Crippen molar-refractivity contribution in [1.82, 2.24) is 15.5 Å². The molecular formula is C22H22FN3O3. The van der Waals surface area contributed by atoms with Crippen LogP contribution in [-0.4, -0.2) is 41.8 Å². The summed E-state index contributed by atoms with van der Waals surface area (Å²) in [6, 6.07) is 12.9. The molecule has 29 heavy (non-hydrogen) atoms. The number of carbonyl (C=O) groups excluding carboxylic acids is 3. The van der Waals surface area contributed by atoms with Gasteiger partial charge in [-0.1, -0.05) is 36.4 Å². The fourth-order valence-corrected chi connectivity index (χ4v) is 3.70. The third-order valence-corrected chi connectivity index (χ3v) is 5.28. The number of amides is 3. The molecule has 0 radical (unpaired) electrons. The lowest BCUT2D eigenvalue weighted by molar-refractivity contribution is -0.129. The van der Waals surface area contributed by atoms with Crippen LogP contribution in [0.3, 0.4) is 0 Å². The van der Waals surface area contributed by atoms with Crippen molar-refractivity contribution >= 4 is 17.7 Å². The van der Waals surface area contributed by atoms with Crippen molar-refractivity contribution in [1.29, 1.82) is 0 Å². The van der Waals surface area contributed by atoms with Crippen LogP contribution in [-0.2, 0) is 16.0 Å². The first kappa shape index (κ1) is 19.1. The Hall–Kier alpha value is -3.22. The lowest BCUT2D eigenvalue weighted by atomic mass is 10.0. The first-order valence-electron chi connectivity index (χ1n) is 9.75. The number of hydrogen-bond acceptors (Lipinski definition) is 3. The van der Waals surface area contributed by atoms with Gasteiger partial charge in [0.25, 0.3) is 5.91 Å². The Bertz CT molecular complexity index is 958. The zero-order valence-electron chi connectivity index (χ0n) is 15.9. The summed E-state index contributed by atoms with van der Waals surface area (Å²) in [4.78, 5) is 39.2. The standard InChI is InChI=1S/C22H22FN3O3/c23-18-8-4-1-5-14(18)11-12-24-19(27)13-25-21(28)20-16-6-2-3-7-17(16)22(29)26(20)15-9-10-15/h1-8,15,20H,9-13H2,(H,24,27)(H,25,28). The minimum absolute atomic E-state index is 0.0836. The molecular weight excluding hydrogens is 373 g/mol. The molecule has 2 aliphatic rings. The Balaban J connectivity index is 1.32. The summed E-state index contributed by atoms with van der Waals surface area (Å²) in [6.07, 6.45) is 2.15. The molecule has 1 aliphatic heterocycles. The first-order chi connectivity index (χ1) is 14.1. The molecule has 3 amide bonds. The molecule has 6 nitrogen and oxygen atoms in total. The van der Waals surface area contributed by atoms with E-state index in [0.717, 1.165) is 12.8 Å². The van der Waals surface area contributed by atoms with Crippen molar-refractivity contribution in [3.8, 4) is 0 Å². The van der Waals surface area contributed by atoms with Gasteiger partial charge in [-0.3, -0.25) is 14.4 Å². The van der Waals surface area contributed by atoms with Gasteiger partial charge in [0.1, 0.15) is 11.9 Å². The molecule has 1 atom stereocenters. The van der Waals surface area contributed by atoms with E-state index in [1.165, 1.54) is 6.07 Å². The van der Waals surface area contributed by atoms with E-state index in [1.807, 2.05) is 0 Å². The highest BCUT2D eigenvalue weighted by molar-refractivity contribution is 6.05. The second-order valence-electron chi connectivity index (χ2n) is 7.34. The molecule has 2 aromatic rings. The molecule has 2 aromatic carbocycles. The van der Waals surface area contributed by atoms with Gasteiger partial charge in [0.05, 0.1) is 6.54 Å². The third-order valence-electron chi connectivity index (χ3n) is 5.28. The SMILES string of the molecule is O=C(CNC(=O)C1c2ccccc2C(=O)N1C1CC1)NCCc1ccccc1F. The van der Waals surface area contributed by atoms with Gasteiger partial charge in [0, 0.05) is 18.2 Å². The molecule has 0 aromatic heterocycles. The van der Waals surface area contributed by atoms with Crippen molar-refractivity contribution in [2.75, 3.05) is 13.1 Å². The second kappa shape index (κ2) is 8.03. The predicted octanol–water partition coefficient (Wildman–Crippen LogP) is 1.96. The van der Waals surface area contributed by atoms with Gasteiger partial charge >= 0.3 is 0 Å². The number of rotatable bonds is 7. The van der Waals surface area contributed by atoms with Crippen LogP contribution in [0.15, 0.2) is 48.5 Å². The lowest BCUT2D eigenvalue weighted by Crippen LogP contribution is -2.44. The van der Waals surface area contributed by atoms with Gasteiger partial charge in [-0.25, -0.2) is 4.39 Å². The van der Waals surface area contributed by atoms with E-state index >= 15 is 0 Å². The van der Waals surface area contributed by atoms with Crippen molar-refractivity contribution in [2.45, 2.75) is 31.3 Å². The number of hydrogen-bond donors (Lipinski definition) is 2. The zero-order valence-corrected chi connectivity index (χ0v) is 15.9. The van der Waals surface area contributed by atoms with Gasteiger partial charge in [0.2, 0.25) is 11.8 Å². The monoisotopic (exact) mass is 395 g/mol. The molecule has 1 unspecified atom stereocenters. The van der Waals surface area contributed by atoms with Gasteiger partial charge < -0.3 is 15.5 Å². The minimum Gasteiger partial charge on any atom is -0.354 e. The van der Waals surface area contributed by atoms with Crippen LogP contribution < -0.4 is 10.6 Å². The van der Waals surface area contributed by atoms with Gasteiger partial charge in [-0.05, 0) is 42.5 Å². The summed E-state index contributed by atoms with van der Waals surface area (Å²) in [6.45, 7) is 0.0794. The fraction of sp³-hybridized carbons (Fsp3) is 0.318. The van der Waals surface area contributed by atoms with E-state index < -0.39 is 6.04 Å². The van der Waals surface area contributed by atoms with Gasteiger partial charge in [-0.2, -0.15) is 0 Å². The molecule has 1 saturated carbocycles. The third kappa shape index (κ3) is 3.99. The van der Waals surface area contributed by atoms with Crippen molar-refractivity contribution in [3.05, 3.63) is 71.0 Å². The summed E-state index contributed by atoms with van der Waals surface area (Å²) >= 11 is 0. The maximum Gasteiger partial charge on any atom is 0.255 e. The molecule has 7 heteroatoms. The average molecular weight is 395 g/mol. The molecule has 150 valence electrons. The number of carbonyl (C=O) groups is 3. The smallest absolute Gasteiger partial charge is 0.255 e. The lowest BCUT2D eigenvalue weighted by Gasteiger charge is -2.24. The Labute approximate surface area is 168 Å². The molecule has 0 saturated heterocycles. The summed E-state index contributed by atoms with van der Waals surface area (Å²) in [7, 11) is 0. The van der Waals surface area contributed by atoms with Crippen LogP contribution in [0.5, 0.6) is 0 Å². The number of benzene rings is 2. The topological polar surface area (TPSA) is 78.5 Å². The van der Waals surface area contributed by atoms with Crippen LogP contribution in [0, 0.1) is 5.82 Å². The van der Waals surface area contributed by atoms with Gasteiger partial charge in [-0.15, -0.1) is 0 Å². The van der Waals surface area contributed by atoms with Crippen molar-refractivity contribution < 1.29 is 18.8 Å². The van der Waals surface area contributed by atoms with Crippen LogP contribution in [0.25, 0.3) is 0 Å². The molecule has 0 spiro atoms. The van der Waals surface area contributed by atoms with E-state index in [0.29, 0.717) is 23.1 Å². The fourth-order valence-electron chi connectivity index (χ4n) is 3.70. The molecule has 0 bridgehead atoms. The summed E-state index contributed by atoms with van der Waals surface area (Å²) in [5.41, 5.74) is 1.76. The number of nitrogens with zero attached hydrogens (tertiary/aromatic N) is 1. The largest absolute Gasteiger partial charge is 0.354 e. The van der Waals surface area contributed by atoms with E-state index in [4.69, 9.17) is 0 Å². The summed E-state index contributed by atoms with van der Waals surface area (Å²) in [5.74, 6) is -1.15. The molecule has 1 heterocycles. The zero-order chi connectivity index (χ0) is 20.4. The minimum atomic E-state index is -0.697. The molecule has 1 fully saturated rings. The Morgan fingerprint density at radius 3 is 2.52 bits per heavy atom. The first-order valence-corrected chi connectivity index (χ1v) is 9.75. The normalized spacial score (nSPS) is 17.8. The van der Waals surface area contributed by atoms with Crippen LogP contribution in [0.1, 0.15) is 40.4 Å². The average Bonchev–Trinajstić information content (AvgIpc) is 3.52. The van der Waals surface area contributed by atoms with Crippen molar-refractivity contribution in [3.63, 3.8) is 0 Å². The highest BCUT2D eigenvalue weighted by Gasteiger charge is 2.47. The number of halogens is 1. The number of fused-ring (bicyclic) bond motifs is 1. The maximum absolute atomic E-state index is 13.6. The summed E-state index contributed by atoms with van der Waals surface area (Å²) in [5, 5.41) is 5.32. The van der Waals surface area contributed by atoms with Crippen molar-refractivity contribution in [2.24, 2.45) is 0 Å². The molecule has 1 aliphatic carbocycles. The van der Waals surface area contributed by atoms with E-state index in [1.54, 1.807) is 47.4 Å². The maximum atomic E-state index is 13.6. The highest BCUT2D eigenvalue weighted by Crippen LogP contribution is 2.41. The predicted molar refractivity (Wildman–Crippen MR) is 104 cm³/mol. The second-order valence-corrected chi connectivity index (χ2v) is 7.34. The van der Waals surface area contributed by atoms with E-state index in [2.05, 4.69) is 10.6 Å². The van der Waals surface area contributed by atoms with Crippen LogP contribution >= 0.6 is 0 Å². The Morgan fingerprint density at radius 1 is 1.03 bits per heavy atom. The van der Waals surface area contributed by atoms with Gasteiger partial charge in [0.15, 0.2) is 0 Å². The molecule has 4 rings (SSSR count). The van der Waals surface area contributed by atoms with Crippen LogP contribution in [0.2, 0.25) is 0 Å². The quantitative estimate of drug-likeness (QED) is 0.752. The van der Waals surface area contributed by atoms with E-state index in [9.17, 15) is 18.8 Å².